The molecule has 4 aromatic carbocycles. The van der Waals surface area contributed by atoms with Gasteiger partial charge >= 0.3 is 0 Å². The average Bonchev–Trinajstić information content (AvgIpc) is 3.42. The van der Waals surface area contributed by atoms with E-state index in [9.17, 15) is 4.39 Å². The SMILES string of the molecule is Fc1ccccc1COc1ccccc1C=Nc1ccc([C@@H]2Nc3ccccc3[C@@H]3C=CC[C@H]32)cc1. The number of hydrogen-bond donors (Lipinski definition) is 1. The molecule has 1 heterocycles. The summed E-state index contributed by atoms with van der Waals surface area (Å²) < 4.78 is 19.9. The third-order valence-electron chi connectivity index (χ3n) is 7.14. The molecule has 36 heavy (non-hydrogen) atoms. The molecule has 3 atom stereocenters. The molecule has 1 N–H and O–H groups in total. The van der Waals surface area contributed by atoms with Crippen LogP contribution in [-0.2, 0) is 6.61 Å². The van der Waals surface area contributed by atoms with E-state index < -0.39 is 0 Å². The summed E-state index contributed by atoms with van der Waals surface area (Å²) in [6.07, 6.45) is 7.57. The maximum absolute atomic E-state index is 14.0. The van der Waals surface area contributed by atoms with Crippen LogP contribution in [0, 0.1) is 11.7 Å². The predicted octanol–water partition coefficient (Wildman–Crippen LogP) is 7.98. The maximum Gasteiger partial charge on any atom is 0.129 e. The summed E-state index contributed by atoms with van der Waals surface area (Å²) in [5.74, 6) is 1.39. The fourth-order valence-corrected chi connectivity index (χ4v) is 5.27. The smallest absolute Gasteiger partial charge is 0.129 e. The fourth-order valence-electron chi connectivity index (χ4n) is 5.27. The number of aliphatic imine (C=N–C) groups is 1. The van der Waals surface area contributed by atoms with Gasteiger partial charge in [-0.3, -0.25) is 4.99 Å². The molecule has 1 aliphatic carbocycles. The lowest BCUT2D eigenvalue weighted by Crippen LogP contribution is -2.28. The van der Waals surface area contributed by atoms with Crippen LogP contribution in [0.5, 0.6) is 5.75 Å². The highest BCUT2D eigenvalue weighted by atomic mass is 19.1. The molecule has 0 aromatic heterocycles. The first-order valence-corrected chi connectivity index (χ1v) is 12.4. The van der Waals surface area contributed by atoms with Crippen molar-refractivity contribution in [2.75, 3.05) is 5.32 Å². The number of para-hydroxylation sites is 2. The Morgan fingerprint density at radius 2 is 1.67 bits per heavy atom. The maximum atomic E-state index is 14.0. The number of halogens is 1. The molecular weight excluding hydrogens is 447 g/mol. The van der Waals surface area contributed by atoms with Crippen LogP contribution in [0.3, 0.4) is 0 Å². The number of nitrogens with zero attached hydrogens (tertiary/aromatic N) is 1. The van der Waals surface area contributed by atoms with Crippen molar-refractivity contribution in [3.8, 4) is 5.75 Å². The van der Waals surface area contributed by atoms with Crippen LogP contribution in [-0.4, -0.2) is 6.21 Å². The van der Waals surface area contributed by atoms with Crippen molar-refractivity contribution in [2.24, 2.45) is 10.9 Å². The first-order chi connectivity index (χ1) is 17.8. The van der Waals surface area contributed by atoms with E-state index in [2.05, 4.69) is 71.0 Å². The van der Waals surface area contributed by atoms with E-state index in [0.29, 0.717) is 23.1 Å². The Morgan fingerprint density at radius 1 is 0.889 bits per heavy atom. The Labute approximate surface area is 211 Å². The van der Waals surface area contributed by atoms with Crippen LogP contribution in [0.15, 0.2) is 114 Å². The number of nitrogens with one attached hydrogen (secondary N) is 1. The molecule has 0 unspecified atom stereocenters. The van der Waals surface area contributed by atoms with Crippen LogP contribution in [0.2, 0.25) is 0 Å². The summed E-state index contributed by atoms with van der Waals surface area (Å²) in [5.41, 5.74) is 6.14. The summed E-state index contributed by atoms with van der Waals surface area (Å²) in [6.45, 7) is 0.167. The van der Waals surface area contributed by atoms with E-state index in [4.69, 9.17) is 4.74 Å². The molecule has 0 fully saturated rings. The van der Waals surface area contributed by atoms with Gasteiger partial charge in [-0.25, -0.2) is 4.39 Å². The lowest BCUT2D eigenvalue weighted by molar-refractivity contribution is 0.299. The van der Waals surface area contributed by atoms with Gasteiger partial charge < -0.3 is 10.1 Å². The van der Waals surface area contributed by atoms with Crippen LogP contribution < -0.4 is 10.1 Å². The Bertz CT molecular complexity index is 1430. The summed E-state index contributed by atoms with van der Waals surface area (Å²) in [7, 11) is 0. The van der Waals surface area contributed by atoms with Crippen LogP contribution in [0.1, 0.15) is 40.6 Å². The molecule has 178 valence electrons. The number of fused-ring (bicyclic) bond motifs is 3. The molecule has 0 bridgehead atoms. The van der Waals surface area contributed by atoms with Gasteiger partial charge in [-0.2, -0.15) is 0 Å². The van der Waals surface area contributed by atoms with Crippen LogP contribution >= 0.6 is 0 Å². The number of ether oxygens (including phenoxy) is 1. The standard InChI is InChI=1S/C32H27FN2O/c33-29-13-4-1-9-24(29)21-36-31-15-6-2-8-23(31)20-34-25-18-16-22(17-19-25)32-28-12-7-11-26(28)27-10-3-5-14-30(27)35-32/h1-11,13-20,26,28,32,35H,12,21H2/t26-,28+,32-/m0/s1. The second-order valence-corrected chi connectivity index (χ2v) is 9.33. The van der Waals surface area contributed by atoms with Crippen molar-refractivity contribution in [2.45, 2.75) is 25.0 Å². The van der Waals surface area contributed by atoms with Crippen molar-refractivity contribution in [3.63, 3.8) is 0 Å². The normalized spacial score (nSPS) is 20.1. The molecule has 0 saturated carbocycles. The quantitative estimate of drug-likeness (QED) is 0.227. The summed E-state index contributed by atoms with van der Waals surface area (Å²) >= 11 is 0. The molecule has 2 aliphatic rings. The molecule has 6 rings (SSSR count). The largest absolute Gasteiger partial charge is 0.488 e. The van der Waals surface area contributed by atoms with Crippen molar-refractivity contribution in [3.05, 3.63) is 137 Å². The van der Waals surface area contributed by atoms with E-state index >= 15 is 0 Å². The minimum Gasteiger partial charge on any atom is -0.488 e. The van der Waals surface area contributed by atoms with Crippen molar-refractivity contribution in [1.29, 1.82) is 0 Å². The van der Waals surface area contributed by atoms with Gasteiger partial charge in [-0.15, -0.1) is 0 Å². The molecule has 0 radical (unpaired) electrons. The predicted molar refractivity (Wildman–Crippen MR) is 144 cm³/mol. The van der Waals surface area contributed by atoms with Gasteiger partial charge in [0.05, 0.1) is 11.7 Å². The van der Waals surface area contributed by atoms with Gasteiger partial charge in [-0.05, 0) is 59.9 Å². The number of hydrogen-bond acceptors (Lipinski definition) is 3. The van der Waals surface area contributed by atoms with Gasteiger partial charge in [0, 0.05) is 28.9 Å². The Morgan fingerprint density at radius 3 is 2.56 bits per heavy atom. The van der Waals surface area contributed by atoms with Crippen LogP contribution in [0.4, 0.5) is 15.8 Å². The fraction of sp³-hybridized carbons (Fsp3) is 0.156. The zero-order valence-electron chi connectivity index (χ0n) is 19.8. The lowest BCUT2D eigenvalue weighted by Gasteiger charge is -2.37. The van der Waals surface area contributed by atoms with E-state index in [1.54, 1.807) is 18.3 Å². The zero-order valence-corrected chi connectivity index (χ0v) is 19.8. The third kappa shape index (κ3) is 4.42. The van der Waals surface area contributed by atoms with E-state index in [-0.39, 0.29) is 18.5 Å². The van der Waals surface area contributed by atoms with Gasteiger partial charge in [0.1, 0.15) is 18.2 Å². The summed E-state index contributed by atoms with van der Waals surface area (Å²) in [4.78, 5) is 4.69. The first-order valence-electron chi connectivity index (χ1n) is 12.4. The molecule has 3 nitrogen and oxygen atoms in total. The number of benzene rings is 4. The number of anilines is 1. The molecule has 0 amide bonds. The lowest BCUT2D eigenvalue weighted by atomic mass is 9.77. The van der Waals surface area contributed by atoms with Gasteiger partial charge in [-0.1, -0.05) is 72.8 Å². The topological polar surface area (TPSA) is 33.6 Å². The highest BCUT2D eigenvalue weighted by Gasteiger charge is 2.37. The van der Waals surface area contributed by atoms with E-state index in [0.717, 1.165) is 17.7 Å². The monoisotopic (exact) mass is 474 g/mol. The van der Waals surface area contributed by atoms with Crippen LogP contribution in [0.25, 0.3) is 0 Å². The summed E-state index contributed by atoms with van der Waals surface area (Å²) in [5, 5.41) is 3.78. The Balaban J connectivity index is 1.18. The van der Waals surface area contributed by atoms with Crippen molar-refractivity contribution >= 4 is 17.6 Å². The third-order valence-corrected chi connectivity index (χ3v) is 7.14. The first kappa shape index (κ1) is 22.3. The molecule has 0 saturated heterocycles. The number of allylic oxidation sites excluding steroid dienone is 2. The molecule has 4 heteroatoms. The van der Waals surface area contributed by atoms with E-state index in [1.807, 2.05) is 30.3 Å². The summed E-state index contributed by atoms with van der Waals surface area (Å²) in [6, 6.07) is 31.7. The molecule has 0 spiro atoms. The van der Waals surface area contributed by atoms with E-state index in [1.165, 1.54) is 22.9 Å². The number of rotatable bonds is 6. The Hall–Kier alpha value is -4.18. The second kappa shape index (κ2) is 9.82. The average molecular weight is 475 g/mol. The zero-order chi connectivity index (χ0) is 24.3. The highest BCUT2D eigenvalue weighted by Crippen LogP contribution is 2.49. The minimum absolute atomic E-state index is 0.167. The van der Waals surface area contributed by atoms with Crippen molar-refractivity contribution in [1.82, 2.24) is 0 Å². The van der Waals surface area contributed by atoms with Gasteiger partial charge in [0.15, 0.2) is 0 Å². The highest BCUT2D eigenvalue weighted by molar-refractivity contribution is 5.85. The minimum atomic E-state index is -0.264. The van der Waals surface area contributed by atoms with Gasteiger partial charge in [0.2, 0.25) is 0 Å². The van der Waals surface area contributed by atoms with Gasteiger partial charge in [0.25, 0.3) is 0 Å². The molecule has 1 aliphatic heterocycles. The molecular formula is C32H27FN2O. The molecule has 4 aromatic rings. The second-order valence-electron chi connectivity index (χ2n) is 9.33. The van der Waals surface area contributed by atoms with Crippen molar-refractivity contribution < 1.29 is 9.13 Å². The Kier molecular flexibility index (Phi) is 6.08.